The highest BCUT2D eigenvalue weighted by Gasteiger charge is 2.18. The summed E-state index contributed by atoms with van der Waals surface area (Å²) < 4.78 is 5.82. The highest BCUT2D eigenvalue weighted by atomic mass is 79.9. The molecule has 2 amide bonds. The Hall–Kier alpha value is -2.34. The van der Waals surface area contributed by atoms with E-state index in [-0.39, 0.29) is 11.8 Å². The molecule has 1 aliphatic rings. The van der Waals surface area contributed by atoms with Crippen molar-refractivity contribution in [2.24, 2.45) is 0 Å². The number of ether oxygens (including phenoxy) is 1. The van der Waals surface area contributed by atoms with Crippen LogP contribution in [0.5, 0.6) is 5.75 Å². The highest BCUT2D eigenvalue weighted by Crippen LogP contribution is 2.24. The molecule has 118 valence electrons. The molecule has 23 heavy (non-hydrogen) atoms. The Morgan fingerprint density at radius 3 is 2.87 bits per heavy atom. The van der Waals surface area contributed by atoms with Gasteiger partial charge in [0, 0.05) is 22.3 Å². The molecule has 0 unspecified atom stereocenters. The average molecular weight is 375 g/mol. The van der Waals surface area contributed by atoms with Crippen LogP contribution >= 0.6 is 15.9 Å². The van der Waals surface area contributed by atoms with Crippen LogP contribution in [0.3, 0.4) is 0 Å². The molecule has 0 saturated carbocycles. The van der Waals surface area contributed by atoms with Crippen LogP contribution in [-0.2, 0) is 6.42 Å². The number of methoxy groups -OCH3 is 1. The molecule has 2 N–H and O–H groups in total. The van der Waals surface area contributed by atoms with Gasteiger partial charge in [-0.2, -0.15) is 0 Å². The van der Waals surface area contributed by atoms with Crippen LogP contribution in [0.15, 0.2) is 40.9 Å². The Bertz CT molecular complexity index is 789. The fourth-order valence-corrected chi connectivity index (χ4v) is 2.92. The van der Waals surface area contributed by atoms with Gasteiger partial charge in [-0.25, -0.2) is 0 Å². The zero-order valence-corrected chi connectivity index (χ0v) is 14.1. The number of benzene rings is 2. The molecular formula is C17H15BrN2O3. The van der Waals surface area contributed by atoms with E-state index in [1.54, 1.807) is 31.4 Å². The largest absolute Gasteiger partial charge is 0.497 e. The second-order valence-corrected chi connectivity index (χ2v) is 6.03. The molecule has 2 aromatic rings. The molecule has 5 nitrogen and oxygen atoms in total. The third-order valence-electron chi connectivity index (χ3n) is 3.71. The molecule has 0 aliphatic carbocycles. The van der Waals surface area contributed by atoms with Crippen molar-refractivity contribution >= 4 is 33.4 Å². The summed E-state index contributed by atoms with van der Waals surface area (Å²) in [5.74, 6) is 0.222. The van der Waals surface area contributed by atoms with Gasteiger partial charge in [0.05, 0.1) is 12.7 Å². The lowest BCUT2D eigenvalue weighted by Gasteiger charge is -2.17. The maximum Gasteiger partial charge on any atom is 0.256 e. The minimum absolute atomic E-state index is 0.107. The highest BCUT2D eigenvalue weighted by molar-refractivity contribution is 9.10. The minimum Gasteiger partial charge on any atom is -0.497 e. The summed E-state index contributed by atoms with van der Waals surface area (Å²) in [4.78, 5) is 24.3. The van der Waals surface area contributed by atoms with Gasteiger partial charge >= 0.3 is 0 Å². The molecule has 3 rings (SSSR count). The Balaban J connectivity index is 1.86. The molecule has 1 aliphatic heterocycles. The normalized spacial score (nSPS) is 13.0. The van der Waals surface area contributed by atoms with Gasteiger partial charge in [0.25, 0.3) is 11.8 Å². The third-order valence-corrected chi connectivity index (χ3v) is 4.40. The molecule has 0 radical (unpaired) electrons. The molecule has 0 bridgehead atoms. The lowest BCUT2D eigenvalue weighted by Crippen LogP contribution is -2.31. The van der Waals surface area contributed by atoms with Crippen LogP contribution in [0.4, 0.5) is 5.69 Å². The van der Waals surface area contributed by atoms with Crippen molar-refractivity contribution in [1.29, 1.82) is 0 Å². The Labute approximate surface area is 142 Å². The standard InChI is InChI=1S/C17H15BrN2O3/c1-23-12-4-5-15(18)14(9-12)17(22)20-11-3-2-10-6-7-19-16(21)13(10)8-11/h2-5,8-9H,6-7H2,1H3,(H,19,21)(H,20,22). The van der Waals surface area contributed by atoms with E-state index >= 15 is 0 Å². The summed E-state index contributed by atoms with van der Waals surface area (Å²) in [6.45, 7) is 0.647. The monoisotopic (exact) mass is 374 g/mol. The van der Waals surface area contributed by atoms with Gasteiger partial charge in [0.2, 0.25) is 0 Å². The maximum absolute atomic E-state index is 12.5. The molecular weight excluding hydrogens is 360 g/mol. The SMILES string of the molecule is COc1ccc(Br)c(C(=O)Nc2ccc3c(c2)C(=O)NCC3)c1. The first-order valence-corrected chi connectivity index (χ1v) is 7.94. The van der Waals surface area contributed by atoms with Crippen molar-refractivity contribution in [1.82, 2.24) is 5.32 Å². The Morgan fingerprint density at radius 2 is 2.09 bits per heavy atom. The summed E-state index contributed by atoms with van der Waals surface area (Å²) in [5, 5.41) is 5.62. The number of fused-ring (bicyclic) bond motifs is 1. The van der Waals surface area contributed by atoms with Gasteiger partial charge in [0.15, 0.2) is 0 Å². The van der Waals surface area contributed by atoms with E-state index in [9.17, 15) is 9.59 Å². The van der Waals surface area contributed by atoms with Crippen LogP contribution in [0.25, 0.3) is 0 Å². The molecule has 1 heterocycles. The van der Waals surface area contributed by atoms with Crippen molar-refractivity contribution in [2.45, 2.75) is 6.42 Å². The van der Waals surface area contributed by atoms with Crippen LogP contribution in [0.2, 0.25) is 0 Å². The van der Waals surface area contributed by atoms with Gasteiger partial charge in [-0.1, -0.05) is 6.07 Å². The number of halogens is 1. The van der Waals surface area contributed by atoms with E-state index in [2.05, 4.69) is 26.6 Å². The van der Waals surface area contributed by atoms with E-state index in [0.717, 1.165) is 12.0 Å². The maximum atomic E-state index is 12.5. The van der Waals surface area contributed by atoms with Crippen molar-refractivity contribution in [3.05, 3.63) is 57.6 Å². The third kappa shape index (κ3) is 3.22. The molecule has 6 heteroatoms. The van der Waals surface area contributed by atoms with Crippen molar-refractivity contribution in [3.8, 4) is 5.75 Å². The molecule has 2 aromatic carbocycles. The van der Waals surface area contributed by atoms with Gasteiger partial charge in [-0.15, -0.1) is 0 Å². The van der Waals surface area contributed by atoms with Crippen molar-refractivity contribution < 1.29 is 14.3 Å². The predicted octanol–water partition coefficient (Wildman–Crippen LogP) is 3.00. The van der Waals surface area contributed by atoms with E-state index in [0.29, 0.717) is 33.6 Å². The fourth-order valence-electron chi connectivity index (χ4n) is 2.49. The second-order valence-electron chi connectivity index (χ2n) is 5.18. The number of carbonyl (C=O) groups excluding carboxylic acids is 2. The summed E-state index contributed by atoms with van der Waals surface area (Å²) in [7, 11) is 1.55. The first kappa shape index (κ1) is 15.6. The number of amides is 2. The number of carbonyl (C=O) groups is 2. The second kappa shape index (κ2) is 6.42. The predicted molar refractivity (Wildman–Crippen MR) is 91.1 cm³/mol. The quantitative estimate of drug-likeness (QED) is 0.867. The summed E-state index contributed by atoms with van der Waals surface area (Å²) in [6.07, 6.45) is 0.802. The van der Waals surface area contributed by atoms with Gasteiger partial charge in [-0.05, 0) is 58.2 Å². The molecule has 0 atom stereocenters. The number of rotatable bonds is 3. The van der Waals surface area contributed by atoms with Crippen LogP contribution in [0, 0.1) is 0 Å². The summed E-state index contributed by atoms with van der Waals surface area (Å²) >= 11 is 3.36. The lowest BCUT2D eigenvalue weighted by molar-refractivity contribution is 0.0944. The zero-order valence-electron chi connectivity index (χ0n) is 12.5. The van der Waals surface area contributed by atoms with Gasteiger partial charge < -0.3 is 15.4 Å². The van der Waals surface area contributed by atoms with Crippen LogP contribution < -0.4 is 15.4 Å². The van der Waals surface area contributed by atoms with Crippen LogP contribution in [0.1, 0.15) is 26.3 Å². The van der Waals surface area contributed by atoms with Gasteiger partial charge in [-0.3, -0.25) is 9.59 Å². The number of nitrogens with one attached hydrogen (secondary N) is 2. The fraction of sp³-hybridized carbons (Fsp3) is 0.176. The van der Waals surface area contributed by atoms with Crippen LogP contribution in [-0.4, -0.2) is 25.5 Å². The topological polar surface area (TPSA) is 67.4 Å². The first-order valence-electron chi connectivity index (χ1n) is 7.14. The van der Waals surface area contributed by atoms with E-state index in [1.807, 2.05) is 12.1 Å². The zero-order chi connectivity index (χ0) is 16.4. The van der Waals surface area contributed by atoms with E-state index < -0.39 is 0 Å². The number of hydrogen-bond acceptors (Lipinski definition) is 3. The lowest BCUT2D eigenvalue weighted by atomic mass is 10.00. The Kier molecular flexibility index (Phi) is 4.34. The summed E-state index contributed by atoms with van der Waals surface area (Å²) in [6, 6.07) is 10.6. The molecule has 0 saturated heterocycles. The molecule has 0 spiro atoms. The minimum atomic E-state index is -0.271. The van der Waals surface area contributed by atoms with Crippen molar-refractivity contribution in [3.63, 3.8) is 0 Å². The number of hydrogen-bond donors (Lipinski definition) is 2. The first-order chi connectivity index (χ1) is 11.1. The number of anilines is 1. The van der Waals surface area contributed by atoms with E-state index in [1.165, 1.54) is 0 Å². The Morgan fingerprint density at radius 1 is 1.26 bits per heavy atom. The van der Waals surface area contributed by atoms with Gasteiger partial charge in [0.1, 0.15) is 5.75 Å². The molecule has 0 fully saturated rings. The van der Waals surface area contributed by atoms with E-state index in [4.69, 9.17) is 4.74 Å². The average Bonchev–Trinajstić information content (AvgIpc) is 2.56. The van der Waals surface area contributed by atoms with Crippen molar-refractivity contribution in [2.75, 3.05) is 19.0 Å². The smallest absolute Gasteiger partial charge is 0.256 e. The summed E-state index contributed by atoms with van der Waals surface area (Å²) in [5.41, 5.74) is 2.65. The molecule has 0 aromatic heterocycles.